The van der Waals surface area contributed by atoms with Crippen molar-refractivity contribution in [3.05, 3.63) is 84.2 Å². The predicted molar refractivity (Wildman–Crippen MR) is 84.9 cm³/mol. The first-order valence-electron chi connectivity index (χ1n) is 6.84. The molecule has 0 unspecified atom stereocenters. The minimum atomic E-state index is -0.0938. The first-order chi connectivity index (χ1) is 10.2. The Kier molecular flexibility index (Phi) is 3.56. The molecular formula is C18H16N2O. The summed E-state index contributed by atoms with van der Waals surface area (Å²) < 4.78 is 2.02. The molecule has 0 spiro atoms. The molecule has 0 bridgehead atoms. The summed E-state index contributed by atoms with van der Waals surface area (Å²) in [5.41, 5.74) is 3.66. The van der Waals surface area contributed by atoms with Gasteiger partial charge in [0.15, 0.2) is 0 Å². The van der Waals surface area contributed by atoms with Crippen molar-refractivity contribution in [2.75, 3.05) is 5.32 Å². The Bertz CT molecular complexity index is 726. The summed E-state index contributed by atoms with van der Waals surface area (Å²) in [6.45, 7) is 2.00. The molecule has 0 atom stereocenters. The molecule has 0 saturated carbocycles. The Morgan fingerprint density at radius 1 is 0.905 bits per heavy atom. The van der Waals surface area contributed by atoms with Crippen LogP contribution in [0.2, 0.25) is 0 Å². The number of hydrogen-bond donors (Lipinski definition) is 1. The van der Waals surface area contributed by atoms with E-state index in [0.717, 1.165) is 16.9 Å². The highest BCUT2D eigenvalue weighted by atomic mass is 16.1. The summed E-state index contributed by atoms with van der Waals surface area (Å²) >= 11 is 0. The van der Waals surface area contributed by atoms with Gasteiger partial charge in [0.05, 0.1) is 0 Å². The number of carbonyl (C=O) groups excluding carboxylic acids is 1. The molecular weight excluding hydrogens is 260 g/mol. The molecule has 3 heteroatoms. The minimum absolute atomic E-state index is 0.0938. The highest BCUT2D eigenvalue weighted by Crippen LogP contribution is 2.14. The van der Waals surface area contributed by atoms with Crippen LogP contribution < -0.4 is 5.32 Å². The SMILES string of the molecule is Cc1ccc(C(=O)Nc2ccc(-n3cccc3)cc2)cc1. The lowest BCUT2D eigenvalue weighted by molar-refractivity contribution is 0.102. The van der Waals surface area contributed by atoms with Gasteiger partial charge < -0.3 is 9.88 Å². The molecule has 104 valence electrons. The number of amides is 1. The van der Waals surface area contributed by atoms with Crippen LogP contribution in [-0.2, 0) is 0 Å². The summed E-state index contributed by atoms with van der Waals surface area (Å²) in [7, 11) is 0. The van der Waals surface area contributed by atoms with E-state index in [-0.39, 0.29) is 5.91 Å². The fraction of sp³-hybridized carbons (Fsp3) is 0.0556. The van der Waals surface area contributed by atoms with Crippen molar-refractivity contribution in [2.24, 2.45) is 0 Å². The zero-order valence-electron chi connectivity index (χ0n) is 11.8. The summed E-state index contributed by atoms with van der Waals surface area (Å²) in [4.78, 5) is 12.1. The first-order valence-corrected chi connectivity index (χ1v) is 6.84. The number of anilines is 1. The molecule has 1 heterocycles. The lowest BCUT2D eigenvalue weighted by Crippen LogP contribution is -2.11. The number of aromatic nitrogens is 1. The largest absolute Gasteiger partial charge is 0.324 e. The van der Waals surface area contributed by atoms with E-state index in [1.54, 1.807) is 0 Å². The number of nitrogens with zero attached hydrogens (tertiary/aromatic N) is 1. The maximum absolute atomic E-state index is 12.1. The molecule has 0 aliphatic rings. The Labute approximate surface area is 123 Å². The Hall–Kier alpha value is -2.81. The van der Waals surface area contributed by atoms with Gasteiger partial charge in [-0.15, -0.1) is 0 Å². The number of hydrogen-bond acceptors (Lipinski definition) is 1. The van der Waals surface area contributed by atoms with Crippen LogP contribution in [0.5, 0.6) is 0 Å². The summed E-state index contributed by atoms with van der Waals surface area (Å²) in [5.74, 6) is -0.0938. The van der Waals surface area contributed by atoms with Gasteiger partial charge in [0.1, 0.15) is 0 Å². The van der Waals surface area contributed by atoms with Gasteiger partial charge in [-0.2, -0.15) is 0 Å². The van der Waals surface area contributed by atoms with Crippen LogP contribution in [0, 0.1) is 6.92 Å². The van der Waals surface area contributed by atoms with Crippen LogP contribution in [0.15, 0.2) is 73.1 Å². The molecule has 3 rings (SSSR count). The van der Waals surface area contributed by atoms with E-state index >= 15 is 0 Å². The molecule has 21 heavy (non-hydrogen) atoms. The Morgan fingerprint density at radius 3 is 2.14 bits per heavy atom. The van der Waals surface area contributed by atoms with E-state index in [1.165, 1.54) is 0 Å². The maximum atomic E-state index is 12.1. The molecule has 2 aromatic carbocycles. The molecule has 1 N–H and O–H groups in total. The average molecular weight is 276 g/mol. The van der Waals surface area contributed by atoms with Gasteiger partial charge in [-0.3, -0.25) is 4.79 Å². The highest BCUT2D eigenvalue weighted by Gasteiger charge is 2.05. The van der Waals surface area contributed by atoms with Gasteiger partial charge in [-0.05, 0) is 55.5 Å². The standard InChI is InChI=1S/C18H16N2O/c1-14-4-6-15(7-5-14)18(21)19-16-8-10-17(11-9-16)20-12-2-3-13-20/h2-13H,1H3,(H,19,21). The van der Waals surface area contributed by atoms with Crippen molar-refractivity contribution < 1.29 is 4.79 Å². The zero-order chi connectivity index (χ0) is 14.7. The van der Waals surface area contributed by atoms with Crippen molar-refractivity contribution >= 4 is 11.6 Å². The molecule has 0 fully saturated rings. The van der Waals surface area contributed by atoms with Crippen LogP contribution in [0.4, 0.5) is 5.69 Å². The summed E-state index contributed by atoms with van der Waals surface area (Å²) in [6.07, 6.45) is 3.97. The van der Waals surface area contributed by atoms with Crippen LogP contribution in [0.25, 0.3) is 5.69 Å². The smallest absolute Gasteiger partial charge is 0.255 e. The average Bonchev–Trinajstić information content (AvgIpc) is 3.03. The van der Waals surface area contributed by atoms with Gasteiger partial charge in [-0.1, -0.05) is 17.7 Å². The lowest BCUT2D eigenvalue weighted by Gasteiger charge is -2.07. The second kappa shape index (κ2) is 5.67. The van der Waals surface area contributed by atoms with E-state index in [2.05, 4.69) is 5.32 Å². The quantitative estimate of drug-likeness (QED) is 0.769. The van der Waals surface area contributed by atoms with Gasteiger partial charge in [-0.25, -0.2) is 0 Å². The van der Waals surface area contributed by atoms with Gasteiger partial charge in [0, 0.05) is 29.3 Å². The monoisotopic (exact) mass is 276 g/mol. The number of nitrogens with one attached hydrogen (secondary N) is 1. The minimum Gasteiger partial charge on any atom is -0.324 e. The van der Waals surface area contributed by atoms with E-state index in [4.69, 9.17) is 0 Å². The first kappa shape index (κ1) is 13.2. The molecule has 0 aliphatic carbocycles. The zero-order valence-corrected chi connectivity index (χ0v) is 11.8. The van der Waals surface area contributed by atoms with Crippen molar-refractivity contribution in [2.45, 2.75) is 6.92 Å². The number of benzene rings is 2. The second-order valence-electron chi connectivity index (χ2n) is 4.96. The molecule has 3 nitrogen and oxygen atoms in total. The van der Waals surface area contributed by atoms with Crippen LogP contribution in [0.1, 0.15) is 15.9 Å². The maximum Gasteiger partial charge on any atom is 0.255 e. The van der Waals surface area contributed by atoms with E-state index in [1.807, 2.05) is 84.5 Å². The van der Waals surface area contributed by atoms with Crippen molar-refractivity contribution in [1.29, 1.82) is 0 Å². The summed E-state index contributed by atoms with van der Waals surface area (Å²) in [6, 6.07) is 19.3. The van der Waals surface area contributed by atoms with Crippen LogP contribution in [0.3, 0.4) is 0 Å². The fourth-order valence-electron chi connectivity index (χ4n) is 2.13. The molecule has 1 aromatic heterocycles. The van der Waals surface area contributed by atoms with Crippen molar-refractivity contribution in [3.8, 4) is 5.69 Å². The highest BCUT2D eigenvalue weighted by molar-refractivity contribution is 6.04. The third kappa shape index (κ3) is 3.03. The Morgan fingerprint density at radius 2 is 1.52 bits per heavy atom. The lowest BCUT2D eigenvalue weighted by atomic mass is 10.1. The molecule has 3 aromatic rings. The molecule has 0 saturated heterocycles. The third-order valence-corrected chi connectivity index (χ3v) is 3.34. The Balaban J connectivity index is 1.73. The van der Waals surface area contributed by atoms with Crippen molar-refractivity contribution in [3.63, 3.8) is 0 Å². The van der Waals surface area contributed by atoms with E-state index in [0.29, 0.717) is 5.56 Å². The molecule has 0 aliphatic heterocycles. The number of carbonyl (C=O) groups is 1. The predicted octanol–water partition coefficient (Wildman–Crippen LogP) is 4.04. The third-order valence-electron chi connectivity index (χ3n) is 3.34. The van der Waals surface area contributed by atoms with Crippen molar-refractivity contribution in [1.82, 2.24) is 4.57 Å². The fourth-order valence-corrected chi connectivity index (χ4v) is 2.13. The second-order valence-corrected chi connectivity index (χ2v) is 4.96. The number of rotatable bonds is 3. The van der Waals surface area contributed by atoms with E-state index in [9.17, 15) is 4.79 Å². The molecule has 0 radical (unpaired) electrons. The van der Waals surface area contributed by atoms with E-state index < -0.39 is 0 Å². The van der Waals surface area contributed by atoms with Gasteiger partial charge >= 0.3 is 0 Å². The summed E-state index contributed by atoms with van der Waals surface area (Å²) in [5, 5.41) is 2.90. The normalized spacial score (nSPS) is 10.3. The topological polar surface area (TPSA) is 34.0 Å². The number of aryl methyl sites for hydroxylation is 1. The van der Waals surface area contributed by atoms with Crippen LogP contribution in [-0.4, -0.2) is 10.5 Å². The van der Waals surface area contributed by atoms with Crippen LogP contribution >= 0.6 is 0 Å². The van der Waals surface area contributed by atoms with Gasteiger partial charge in [0.2, 0.25) is 0 Å². The van der Waals surface area contributed by atoms with Gasteiger partial charge in [0.25, 0.3) is 5.91 Å². The molecule has 1 amide bonds.